The van der Waals surface area contributed by atoms with E-state index in [9.17, 15) is 0 Å². The maximum Gasteiger partial charge on any atom is 0.137 e. The molecule has 4 nitrogen and oxygen atoms in total. The summed E-state index contributed by atoms with van der Waals surface area (Å²) in [6.45, 7) is 8.02. The second-order valence-corrected chi connectivity index (χ2v) is 5.77. The lowest BCUT2D eigenvalue weighted by Crippen LogP contribution is -2.48. The molecule has 0 radical (unpaired) electrons. The highest BCUT2D eigenvalue weighted by molar-refractivity contribution is 6.30. The van der Waals surface area contributed by atoms with Gasteiger partial charge in [0.25, 0.3) is 0 Å². The van der Waals surface area contributed by atoms with Crippen LogP contribution < -0.4 is 4.90 Å². The molecule has 2 rings (SSSR count). The van der Waals surface area contributed by atoms with Crippen molar-refractivity contribution in [3.05, 3.63) is 16.5 Å². The minimum absolute atomic E-state index is 0.103. The van der Waals surface area contributed by atoms with Crippen molar-refractivity contribution >= 4 is 17.4 Å². The number of piperidine rings is 1. The number of methoxy groups -OCH3 is 1. The van der Waals surface area contributed by atoms with Crippen molar-refractivity contribution in [2.24, 2.45) is 0 Å². The van der Waals surface area contributed by atoms with E-state index >= 15 is 0 Å². The summed E-state index contributed by atoms with van der Waals surface area (Å²) >= 11 is 6.21. The first-order chi connectivity index (χ1) is 8.99. The van der Waals surface area contributed by atoms with Crippen LogP contribution >= 0.6 is 11.6 Å². The molecule has 0 saturated carbocycles. The molecule has 1 aliphatic rings. The molecule has 106 valence electrons. The highest BCUT2D eigenvalue weighted by Crippen LogP contribution is 2.30. The molecule has 2 heterocycles. The molecule has 0 aromatic carbocycles. The fourth-order valence-corrected chi connectivity index (χ4v) is 2.72. The van der Waals surface area contributed by atoms with Crippen LogP contribution in [0.2, 0.25) is 5.15 Å². The zero-order valence-electron chi connectivity index (χ0n) is 12.2. The number of anilines is 1. The Morgan fingerprint density at radius 1 is 1.42 bits per heavy atom. The minimum atomic E-state index is -0.103. The van der Waals surface area contributed by atoms with Gasteiger partial charge in [-0.05, 0) is 26.7 Å². The van der Waals surface area contributed by atoms with Crippen molar-refractivity contribution in [2.45, 2.75) is 45.6 Å². The molecule has 19 heavy (non-hydrogen) atoms. The Balaban J connectivity index is 2.33. The average molecular weight is 284 g/mol. The Morgan fingerprint density at radius 2 is 2.16 bits per heavy atom. The van der Waals surface area contributed by atoms with E-state index < -0.39 is 0 Å². The van der Waals surface area contributed by atoms with E-state index in [0.717, 1.165) is 49.6 Å². The van der Waals surface area contributed by atoms with E-state index in [1.54, 1.807) is 7.11 Å². The van der Waals surface area contributed by atoms with Crippen molar-refractivity contribution in [1.82, 2.24) is 9.97 Å². The molecule has 5 heteroatoms. The fourth-order valence-electron chi connectivity index (χ4n) is 2.54. The van der Waals surface area contributed by atoms with Gasteiger partial charge in [0.05, 0.1) is 5.60 Å². The number of rotatable bonds is 3. The maximum absolute atomic E-state index is 6.21. The third-order valence-corrected chi connectivity index (χ3v) is 4.24. The Kier molecular flexibility index (Phi) is 4.31. The summed E-state index contributed by atoms with van der Waals surface area (Å²) in [7, 11) is 1.78. The third-order valence-electron chi connectivity index (χ3n) is 3.87. The number of aryl methyl sites for hydroxylation is 1. The minimum Gasteiger partial charge on any atom is -0.377 e. The van der Waals surface area contributed by atoms with Crippen LogP contribution in [0.4, 0.5) is 5.82 Å². The first-order valence-electron chi connectivity index (χ1n) is 6.82. The van der Waals surface area contributed by atoms with Crippen LogP contribution in [-0.4, -0.2) is 35.8 Å². The quantitative estimate of drug-likeness (QED) is 0.800. The smallest absolute Gasteiger partial charge is 0.137 e. The molecular weight excluding hydrogens is 262 g/mol. The second-order valence-electron chi connectivity index (χ2n) is 5.41. The number of ether oxygens (including phenoxy) is 1. The molecule has 0 bridgehead atoms. The second kappa shape index (κ2) is 5.63. The van der Waals surface area contributed by atoms with Crippen molar-refractivity contribution in [2.75, 3.05) is 25.1 Å². The predicted octanol–water partition coefficient (Wildman–Crippen LogP) is 3.01. The summed E-state index contributed by atoms with van der Waals surface area (Å²) in [5.41, 5.74) is 0.855. The van der Waals surface area contributed by atoms with Crippen molar-refractivity contribution < 1.29 is 4.74 Å². The number of aromatic nitrogens is 2. The van der Waals surface area contributed by atoms with E-state index in [1.807, 2.05) is 13.8 Å². The summed E-state index contributed by atoms with van der Waals surface area (Å²) in [6, 6.07) is 0. The first kappa shape index (κ1) is 14.5. The summed E-state index contributed by atoms with van der Waals surface area (Å²) in [6.07, 6.45) is 2.98. The van der Waals surface area contributed by atoms with Gasteiger partial charge in [0, 0.05) is 32.2 Å². The van der Waals surface area contributed by atoms with Crippen LogP contribution in [0.3, 0.4) is 0 Å². The maximum atomic E-state index is 6.21. The van der Waals surface area contributed by atoms with E-state index in [4.69, 9.17) is 16.3 Å². The molecule has 1 saturated heterocycles. The van der Waals surface area contributed by atoms with Gasteiger partial charge >= 0.3 is 0 Å². The lowest BCUT2D eigenvalue weighted by atomic mass is 9.94. The molecule has 0 N–H and O–H groups in total. The Hall–Kier alpha value is -0.870. The molecular formula is C14H22ClN3O. The van der Waals surface area contributed by atoms with Crippen molar-refractivity contribution in [3.8, 4) is 0 Å². The van der Waals surface area contributed by atoms with E-state index in [-0.39, 0.29) is 5.60 Å². The summed E-state index contributed by atoms with van der Waals surface area (Å²) < 4.78 is 5.64. The van der Waals surface area contributed by atoms with E-state index in [1.165, 1.54) is 0 Å². The molecule has 1 unspecified atom stereocenters. The lowest BCUT2D eigenvalue weighted by Gasteiger charge is -2.40. The van der Waals surface area contributed by atoms with Crippen LogP contribution in [-0.2, 0) is 11.2 Å². The fraction of sp³-hybridized carbons (Fsp3) is 0.714. The first-order valence-corrected chi connectivity index (χ1v) is 7.20. The van der Waals surface area contributed by atoms with Gasteiger partial charge in [-0.25, -0.2) is 9.97 Å². The highest BCUT2D eigenvalue weighted by Gasteiger charge is 2.32. The number of hydrogen-bond acceptors (Lipinski definition) is 4. The molecule has 0 amide bonds. The molecule has 1 aromatic heterocycles. The predicted molar refractivity (Wildman–Crippen MR) is 78.0 cm³/mol. The zero-order chi connectivity index (χ0) is 14.0. The monoisotopic (exact) mass is 283 g/mol. The molecule has 1 fully saturated rings. The van der Waals surface area contributed by atoms with Crippen LogP contribution in [0.25, 0.3) is 0 Å². The number of hydrogen-bond donors (Lipinski definition) is 0. The number of nitrogens with zero attached hydrogens (tertiary/aromatic N) is 3. The van der Waals surface area contributed by atoms with Gasteiger partial charge in [-0.15, -0.1) is 0 Å². The SMILES string of the molecule is CCc1nc(Cl)c(C)c(N2CCCC(C)(OC)C2)n1. The topological polar surface area (TPSA) is 38.2 Å². The van der Waals surface area contributed by atoms with E-state index in [0.29, 0.717) is 5.15 Å². The molecule has 1 aliphatic heterocycles. The third kappa shape index (κ3) is 3.00. The van der Waals surface area contributed by atoms with Gasteiger partial charge in [0.15, 0.2) is 0 Å². The van der Waals surface area contributed by atoms with Crippen molar-refractivity contribution in [3.63, 3.8) is 0 Å². The van der Waals surface area contributed by atoms with E-state index in [2.05, 4.69) is 21.8 Å². The summed E-state index contributed by atoms with van der Waals surface area (Å²) in [5, 5.41) is 0.562. The Morgan fingerprint density at radius 3 is 2.79 bits per heavy atom. The van der Waals surface area contributed by atoms with Gasteiger partial charge in [-0.3, -0.25) is 0 Å². The largest absolute Gasteiger partial charge is 0.377 e. The van der Waals surface area contributed by atoms with Gasteiger partial charge in [0.1, 0.15) is 16.8 Å². The highest BCUT2D eigenvalue weighted by atomic mass is 35.5. The number of halogens is 1. The Labute approximate surface area is 120 Å². The summed E-state index contributed by atoms with van der Waals surface area (Å²) in [4.78, 5) is 11.2. The van der Waals surface area contributed by atoms with Crippen LogP contribution in [0.1, 0.15) is 38.1 Å². The molecule has 0 aliphatic carbocycles. The zero-order valence-corrected chi connectivity index (χ0v) is 12.9. The van der Waals surface area contributed by atoms with Crippen molar-refractivity contribution in [1.29, 1.82) is 0 Å². The lowest BCUT2D eigenvalue weighted by molar-refractivity contribution is -0.00484. The molecule has 1 atom stereocenters. The van der Waals surface area contributed by atoms with Crippen LogP contribution in [0, 0.1) is 6.92 Å². The van der Waals surface area contributed by atoms with Gasteiger partial charge < -0.3 is 9.64 Å². The summed E-state index contributed by atoms with van der Waals surface area (Å²) in [5.74, 6) is 1.76. The van der Waals surface area contributed by atoms with Crippen LogP contribution in [0.15, 0.2) is 0 Å². The van der Waals surface area contributed by atoms with Gasteiger partial charge in [-0.2, -0.15) is 0 Å². The van der Waals surface area contributed by atoms with Gasteiger partial charge in [-0.1, -0.05) is 18.5 Å². The van der Waals surface area contributed by atoms with Crippen LogP contribution in [0.5, 0.6) is 0 Å². The average Bonchev–Trinajstić information content (AvgIpc) is 2.41. The Bertz CT molecular complexity index is 466. The standard InChI is InChI=1S/C14H22ClN3O/c1-5-11-16-12(15)10(2)13(17-11)18-8-6-7-14(3,9-18)19-4/h5-9H2,1-4H3. The van der Waals surface area contributed by atoms with Gasteiger partial charge in [0.2, 0.25) is 0 Å². The molecule has 0 spiro atoms. The molecule has 1 aromatic rings. The normalized spacial score (nSPS) is 23.7.